The predicted octanol–water partition coefficient (Wildman–Crippen LogP) is 5.67. The zero-order valence-electron chi connectivity index (χ0n) is 21.7. The highest BCUT2D eigenvalue weighted by Crippen LogP contribution is 2.25. The van der Waals surface area contributed by atoms with Gasteiger partial charge in [0, 0.05) is 19.5 Å². The molecule has 0 bridgehead atoms. The number of para-hydroxylation sites is 2. The highest BCUT2D eigenvalue weighted by Gasteiger charge is 2.15. The Morgan fingerprint density at radius 2 is 1.63 bits per heavy atom. The summed E-state index contributed by atoms with van der Waals surface area (Å²) in [6.45, 7) is 14.0. The van der Waals surface area contributed by atoms with Crippen molar-refractivity contribution in [2.45, 2.75) is 54.5 Å². The topological polar surface area (TPSA) is 56.1 Å². The number of benzene rings is 3. The van der Waals surface area contributed by atoms with Crippen molar-refractivity contribution < 1.29 is 9.53 Å². The van der Waals surface area contributed by atoms with Crippen LogP contribution in [-0.4, -0.2) is 28.6 Å². The van der Waals surface area contributed by atoms with Gasteiger partial charge in [0.05, 0.1) is 11.0 Å². The van der Waals surface area contributed by atoms with Crippen molar-refractivity contribution in [3.8, 4) is 5.75 Å². The standard InChI is InChI=1S/C30H35N3O2/c1-19-11-12-20(2)28(15-19)35-18-30(34)31-14-13-29-32-26-9-7-8-10-27(26)33(29)17-25-23(5)21(3)16-22(4)24(25)6/h7-12,15-16H,13-14,17-18H2,1-6H3,(H,31,34). The van der Waals surface area contributed by atoms with Crippen molar-refractivity contribution in [1.29, 1.82) is 0 Å². The lowest BCUT2D eigenvalue weighted by Gasteiger charge is -2.18. The molecule has 5 nitrogen and oxygen atoms in total. The Hall–Kier alpha value is -3.60. The van der Waals surface area contributed by atoms with Crippen LogP contribution in [0.15, 0.2) is 48.5 Å². The number of nitrogens with one attached hydrogen (secondary N) is 1. The van der Waals surface area contributed by atoms with Crippen LogP contribution in [0.25, 0.3) is 11.0 Å². The Morgan fingerprint density at radius 3 is 2.37 bits per heavy atom. The molecule has 1 N–H and O–H groups in total. The zero-order chi connectivity index (χ0) is 25.1. The van der Waals surface area contributed by atoms with Gasteiger partial charge in [-0.3, -0.25) is 4.79 Å². The lowest BCUT2D eigenvalue weighted by Crippen LogP contribution is -2.31. The molecule has 0 aliphatic rings. The average Bonchev–Trinajstić information content (AvgIpc) is 3.18. The Morgan fingerprint density at radius 1 is 0.914 bits per heavy atom. The van der Waals surface area contributed by atoms with Crippen LogP contribution in [0.4, 0.5) is 0 Å². The van der Waals surface area contributed by atoms with E-state index in [1.54, 1.807) is 0 Å². The lowest BCUT2D eigenvalue weighted by atomic mass is 9.94. The first-order chi connectivity index (χ1) is 16.7. The predicted molar refractivity (Wildman–Crippen MR) is 142 cm³/mol. The molecule has 1 heterocycles. The normalized spacial score (nSPS) is 11.1. The van der Waals surface area contributed by atoms with Gasteiger partial charge in [-0.05, 0) is 98.7 Å². The van der Waals surface area contributed by atoms with Gasteiger partial charge in [-0.1, -0.05) is 30.3 Å². The molecule has 1 aromatic heterocycles. The number of rotatable bonds is 8. The smallest absolute Gasteiger partial charge is 0.257 e. The fraction of sp³-hybridized carbons (Fsp3) is 0.333. The number of aromatic nitrogens is 2. The van der Waals surface area contributed by atoms with E-state index in [9.17, 15) is 4.79 Å². The molecule has 0 atom stereocenters. The number of fused-ring (bicyclic) bond motifs is 1. The van der Waals surface area contributed by atoms with E-state index in [2.05, 4.69) is 55.8 Å². The quantitative estimate of drug-likeness (QED) is 0.362. The number of carbonyl (C=O) groups excluding carboxylic acids is 1. The van der Waals surface area contributed by atoms with Gasteiger partial charge in [0.1, 0.15) is 11.6 Å². The van der Waals surface area contributed by atoms with E-state index in [-0.39, 0.29) is 12.5 Å². The summed E-state index contributed by atoms with van der Waals surface area (Å²) in [5.74, 6) is 1.59. The first kappa shape index (κ1) is 24.5. The molecule has 0 fully saturated rings. The highest BCUT2D eigenvalue weighted by atomic mass is 16.5. The minimum absolute atomic E-state index is 0.00165. The summed E-state index contributed by atoms with van der Waals surface area (Å²) in [7, 11) is 0. The summed E-state index contributed by atoms with van der Waals surface area (Å²) in [6, 6.07) is 16.5. The molecule has 0 unspecified atom stereocenters. The molecule has 0 radical (unpaired) electrons. The first-order valence-electron chi connectivity index (χ1n) is 12.2. The fourth-order valence-electron chi connectivity index (χ4n) is 4.56. The molecule has 182 valence electrons. The molecule has 0 aliphatic heterocycles. The fourth-order valence-corrected chi connectivity index (χ4v) is 4.56. The molecule has 4 aromatic rings. The minimum Gasteiger partial charge on any atom is -0.483 e. The number of imidazole rings is 1. The van der Waals surface area contributed by atoms with Crippen LogP contribution >= 0.6 is 0 Å². The SMILES string of the molecule is Cc1ccc(C)c(OCC(=O)NCCc2nc3ccccc3n2Cc2c(C)c(C)cc(C)c2C)c1. The Bertz CT molecular complexity index is 1360. The molecule has 35 heavy (non-hydrogen) atoms. The average molecular weight is 470 g/mol. The molecule has 0 spiro atoms. The van der Waals surface area contributed by atoms with Gasteiger partial charge in [0.2, 0.25) is 0 Å². The van der Waals surface area contributed by atoms with Crippen molar-refractivity contribution in [3.05, 3.63) is 93.3 Å². The van der Waals surface area contributed by atoms with Crippen molar-refractivity contribution in [2.75, 3.05) is 13.2 Å². The zero-order valence-corrected chi connectivity index (χ0v) is 21.7. The summed E-state index contributed by atoms with van der Waals surface area (Å²) in [4.78, 5) is 17.4. The highest BCUT2D eigenvalue weighted by molar-refractivity contribution is 5.78. The summed E-state index contributed by atoms with van der Waals surface area (Å²) in [5.41, 5.74) is 10.8. The van der Waals surface area contributed by atoms with E-state index in [0.717, 1.165) is 40.3 Å². The largest absolute Gasteiger partial charge is 0.483 e. The van der Waals surface area contributed by atoms with Gasteiger partial charge in [-0.2, -0.15) is 0 Å². The number of ether oxygens (including phenoxy) is 1. The van der Waals surface area contributed by atoms with E-state index in [1.165, 1.54) is 27.8 Å². The van der Waals surface area contributed by atoms with Crippen molar-refractivity contribution in [2.24, 2.45) is 0 Å². The number of hydrogen-bond acceptors (Lipinski definition) is 3. The van der Waals surface area contributed by atoms with Crippen LogP contribution in [0.2, 0.25) is 0 Å². The van der Waals surface area contributed by atoms with E-state index >= 15 is 0 Å². The Labute approximate surface area is 208 Å². The van der Waals surface area contributed by atoms with Crippen LogP contribution in [0.3, 0.4) is 0 Å². The van der Waals surface area contributed by atoms with Crippen LogP contribution in [0, 0.1) is 41.5 Å². The molecule has 0 saturated carbocycles. The van der Waals surface area contributed by atoms with Crippen LogP contribution in [0.1, 0.15) is 44.8 Å². The molecular formula is C30H35N3O2. The molecule has 0 aliphatic carbocycles. The van der Waals surface area contributed by atoms with Gasteiger partial charge < -0.3 is 14.6 Å². The maximum absolute atomic E-state index is 12.5. The molecule has 5 heteroatoms. The summed E-state index contributed by atoms with van der Waals surface area (Å²) in [5, 5.41) is 2.99. The van der Waals surface area contributed by atoms with Gasteiger partial charge in [-0.15, -0.1) is 0 Å². The van der Waals surface area contributed by atoms with Gasteiger partial charge in [-0.25, -0.2) is 4.98 Å². The first-order valence-corrected chi connectivity index (χ1v) is 12.2. The minimum atomic E-state index is -0.130. The number of nitrogens with zero attached hydrogens (tertiary/aromatic N) is 2. The van der Waals surface area contributed by atoms with Crippen molar-refractivity contribution in [1.82, 2.24) is 14.9 Å². The van der Waals surface area contributed by atoms with Gasteiger partial charge in [0.15, 0.2) is 6.61 Å². The van der Waals surface area contributed by atoms with E-state index in [0.29, 0.717) is 13.0 Å². The molecule has 4 rings (SSSR count). The molecular weight excluding hydrogens is 434 g/mol. The van der Waals surface area contributed by atoms with Gasteiger partial charge >= 0.3 is 0 Å². The third kappa shape index (κ3) is 5.40. The van der Waals surface area contributed by atoms with Gasteiger partial charge in [0.25, 0.3) is 5.91 Å². The monoisotopic (exact) mass is 469 g/mol. The summed E-state index contributed by atoms with van der Waals surface area (Å²) < 4.78 is 8.04. The van der Waals surface area contributed by atoms with Crippen LogP contribution in [0.5, 0.6) is 5.75 Å². The van der Waals surface area contributed by atoms with E-state index < -0.39 is 0 Å². The number of carbonyl (C=O) groups is 1. The number of hydrogen-bond donors (Lipinski definition) is 1. The third-order valence-electron chi connectivity index (χ3n) is 6.94. The lowest BCUT2D eigenvalue weighted by molar-refractivity contribution is -0.123. The van der Waals surface area contributed by atoms with Crippen molar-refractivity contribution >= 4 is 16.9 Å². The van der Waals surface area contributed by atoms with E-state index in [4.69, 9.17) is 9.72 Å². The second-order valence-electron chi connectivity index (χ2n) is 9.50. The number of aryl methyl sites for hydroxylation is 4. The Balaban J connectivity index is 1.48. The van der Waals surface area contributed by atoms with E-state index in [1.807, 2.05) is 44.2 Å². The third-order valence-corrected chi connectivity index (χ3v) is 6.94. The summed E-state index contributed by atoms with van der Waals surface area (Å²) >= 11 is 0. The van der Waals surface area contributed by atoms with Crippen LogP contribution in [-0.2, 0) is 17.8 Å². The van der Waals surface area contributed by atoms with Crippen LogP contribution < -0.4 is 10.1 Å². The van der Waals surface area contributed by atoms with Crippen molar-refractivity contribution in [3.63, 3.8) is 0 Å². The summed E-state index contributed by atoms with van der Waals surface area (Å²) in [6.07, 6.45) is 0.646. The maximum atomic E-state index is 12.5. The molecule has 3 aromatic carbocycles. The molecule has 1 amide bonds. The number of amides is 1. The second kappa shape index (κ2) is 10.3. The Kier molecular flexibility index (Phi) is 7.25. The molecule has 0 saturated heterocycles. The maximum Gasteiger partial charge on any atom is 0.257 e. The second-order valence-corrected chi connectivity index (χ2v) is 9.50.